The number of benzene rings is 1. The largest absolute Gasteiger partial charge is 0.372 e. The van der Waals surface area contributed by atoms with Crippen LogP contribution in [0.15, 0.2) is 52.3 Å². The highest BCUT2D eigenvalue weighted by Crippen LogP contribution is 2.31. The summed E-state index contributed by atoms with van der Waals surface area (Å²) >= 11 is 5.33. The summed E-state index contributed by atoms with van der Waals surface area (Å²) in [6, 6.07) is 14.3. The Bertz CT molecular complexity index is 727. The van der Waals surface area contributed by atoms with Gasteiger partial charge in [-0.25, -0.2) is 9.97 Å². The third kappa shape index (κ3) is 3.14. The normalized spacial score (nSPS) is 10.6. The van der Waals surface area contributed by atoms with Gasteiger partial charge in [0, 0.05) is 23.9 Å². The molecule has 0 atom stereocenters. The van der Waals surface area contributed by atoms with Gasteiger partial charge >= 0.3 is 0 Å². The second-order valence-corrected chi connectivity index (χ2v) is 6.35. The summed E-state index contributed by atoms with van der Waals surface area (Å²) in [4.78, 5) is 10.6. The number of hydrogen-bond donors (Lipinski definition) is 1. The van der Waals surface area contributed by atoms with E-state index in [0.29, 0.717) is 0 Å². The van der Waals surface area contributed by atoms with Crippen molar-refractivity contribution in [1.82, 2.24) is 9.97 Å². The summed E-state index contributed by atoms with van der Waals surface area (Å²) in [5, 5.41) is 5.21. The Balaban J connectivity index is 2.06. The van der Waals surface area contributed by atoms with Crippen LogP contribution in [0.25, 0.3) is 11.3 Å². The highest BCUT2D eigenvalue weighted by molar-refractivity contribution is 9.10. The van der Waals surface area contributed by atoms with Gasteiger partial charge in [0.2, 0.25) is 0 Å². The van der Waals surface area contributed by atoms with E-state index in [2.05, 4.69) is 55.9 Å². The summed E-state index contributed by atoms with van der Waals surface area (Å²) in [6.45, 7) is 0. The average molecular weight is 360 g/mol. The fourth-order valence-electron chi connectivity index (χ4n) is 2.09. The van der Waals surface area contributed by atoms with E-state index in [1.165, 1.54) is 4.88 Å². The van der Waals surface area contributed by atoms with Crippen molar-refractivity contribution in [3.63, 3.8) is 0 Å². The van der Waals surface area contributed by atoms with Crippen LogP contribution in [0.5, 0.6) is 0 Å². The molecule has 0 aliphatic carbocycles. The van der Waals surface area contributed by atoms with Crippen LogP contribution in [-0.2, 0) is 6.42 Å². The van der Waals surface area contributed by atoms with Crippen LogP contribution in [-0.4, -0.2) is 17.0 Å². The summed E-state index contributed by atoms with van der Waals surface area (Å²) in [5.74, 6) is 1.64. The van der Waals surface area contributed by atoms with Crippen molar-refractivity contribution in [3.8, 4) is 11.3 Å². The van der Waals surface area contributed by atoms with Gasteiger partial charge in [0.15, 0.2) is 0 Å². The molecule has 0 amide bonds. The van der Waals surface area contributed by atoms with Crippen LogP contribution in [0.4, 0.5) is 5.82 Å². The molecule has 0 fully saturated rings. The van der Waals surface area contributed by atoms with Gasteiger partial charge in [0.1, 0.15) is 11.6 Å². The lowest BCUT2D eigenvalue weighted by molar-refractivity contribution is 0.980. The summed E-state index contributed by atoms with van der Waals surface area (Å²) in [6.07, 6.45) is 0.749. The van der Waals surface area contributed by atoms with Gasteiger partial charge in [-0.2, -0.15) is 0 Å². The minimum absolute atomic E-state index is 0.749. The van der Waals surface area contributed by atoms with Crippen molar-refractivity contribution in [1.29, 1.82) is 0 Å². The van der Waals surface area contributed by atoms with Gasteiger partial charge in [-0.3, -0.25) is 0 Å². The number of anilines is 1. The molecule has 3 rings (SSSR count). The molecule has 0 saturated heterocycles. The molecule has 2 heterocycles. The Morgan fingerprint density at radius 2 is 1.90 bits per heavy atom. The summed E-state index contributed by atoms with van der Waals surface area (Å²) in [7, 11) is 1.87. The number of aromatic nitrogens is 2. The minimum atomic E-state index is 0.749. The van der Waals surface area contributed by atoms with Crippen LogP contribution < -0.4 is 5.32 Å². The van der Waals surface area contributed by atoms with E-state index in [9.17, 15) is 0 Å². The molecule has 2 aromatic heterocycles. The van der Waals surface area contributed by atoms with Crippen molar-refractivity contribution >= 4 is 33.1 Å². The van der Waals surface area contributed by atoms with Crippen LogP contribution in [0.2, 0.25) is 0 Å². The molecule has 0 saturated carbocycles. The van der Waals surface area contributed by atoms with Crippen molar-refractivity contribution < 1.29 is 0 Å². The molecule has 1 N–H and O–H groups in total. The average Bonchev–Trinajstić information content (AvgIpc) is 3.02. The Hall–Kier alpha value is -1.72. The van der Waals surface area contributed by atoms with Gasteiger partial charge in [-0.15, -0.1) is 11.3 Å². The molecule has 1 aromatic carbocycles. The zero-order valence-electron chi connectivity index (χ0n) is 11.5. The van der Waals surface area contributed by atoms with Crippen LogP contribution in [0.1, 0.15) is 10.7 Å². The Morgan fingerprint density at radius 1 is 1.10 bits per heavy atom. The molecule has 106 valence electrons. The molecule has 21 heavy (non-hydrogen) atoms. The van der Waals surface area contributed by atoms with Gasteiger partial charge in [0.05, 0.1) is 10.2 Å². The molecule has 0 aliphatic rings. The molecule has 0 spiro atoms. The number of thiophene rings is 1. The zero-order valence-corrected chi connectivity index (χ0v) is 13.9. The lowest BCUT2D eigenvalue weighted by Crippen LogP contribution is -2.04. The molecule has 3 aromatic rings. The predicted molar refractivity (Wildman–Crippen MR) is 91.8 cm³/mol. The molecule has 5 heteroatoms. The molecule has 0 radical (unpaired) electrons. The minimum Gasteiger partial charge on any atom is -0.372 e. The Morgan fingerprint density at radius 3 is 2.57 bits per heavy atom. The molecule has 0 bridgehead atoms. The third-order valence-electron chi connectivity index (χ3n) is 3.09. The molecule has 3 nitrogen and oxygen atoms in total. The molecular formula is C16H14BrN3S. The van der Waals surface area contributed by atoms with Gasteiger partial charge in [-0.1, -0.05) is 36.4 Å². The first-order chi connectivity index (χ1) is 10.3. The lowest BCUT2D eigenvalue weighted by Gasteiger charge is -2.11. The van der Waals surface area contributed by atoms with Gasteiger partial charge < -0.3 is 5.32 Å². The van der Waals surface area contributed by atoms with E-state index < -0.39 is 0 Å². The van der Waals surface area contributed by atoms with E-state index in [1.807, 2.05) is 25.2 Å². The van der Waals surface area contributed by atoms with E-state index in [-0.39, 0.29) is 0 Å². The maximum Gasteiger partial charge on any atom is 0.144 e. The van der Waals surface area contributed by atoms with Crippen LogP contribution >= 0.6 is 27.3 Å². The molecule has 0 unspecified atom stereocenters. The summed E-state index contributed by atoms with van der Waals surface area (Å²) < 4.78 is 0.895. The zero-order chi connectivity index (χ0) is 14.7. The highest BCUT2D eigenvalue weighted by Gasteiger charge is 2.13. The van der Waals surface area contributed by atoms with Crippen molar-refractivity contribution in [2.45, 2.75) is 6.42 Å². The number of rotatable bonds is 4. The standard InChI is InChI=1S/C16H14BrN3S/c1-18-16-14(17)15(11-6-3-2-4-7-11)19-13(20-16)10-12-8-5-9-21-12/h2-9H,10H2,1H3,(H,18,19,20). The smallest absolute Gasteiger partial charge is 0.144 e. The number of nitrogens with one attached hydrogen (secondary N) is 1. The van der Waals surface area contributed by atoms with Crippen molar-refractivity contribution in [3.05, 3.63) is 63.0 Å². The van der Waals surface area contributed by atoms with E-state index in [4.69, 9.17) is 4.98 Å². The van der Waals surface area contributed by atoms with Crippen LogP contribution in [0, 0.1) is 0 Å². The van der Waals surface area contributed by atoms with Gasteiger partial charge in [0.25, 0.3) is 0 Å². The molecular weight excluding hydrogens is 346 g/mol. The first-order valence-electron chi connectivity index (χ1n) is 6.60. The number of nitrogens with zero attached hydrogens (tertiary/aromatic N) is 2. The third-order valence-corrected chi connectivity index (χ3v) is 4.72. The monoisotopic (exact) mass is 359 g/mol. The highest BCUT2D eigenvalue weighted by atomic mass is 79.9. The fourth-order valence-corrected chi connectivity index (χ4v) is 3.40. The second kappa shape index (κ2) is 6.37. The first kappa shape index (κ1) is 14.2. The predicted octanol–water partition coefficient (Wildman–Crippen LogP) is 4.60. The Kier molecular flexibility index (Phi) is 4.31. The quantitative estimate of drug-likeness (QED) is 0.739. The number of hydrogen-bond acceptors (Lipinski definition) is 4. The molecule has 0 aliphatic heterocycles. The van der Waals surface area contributed by atoms with E-state index >= 15 is 0 Å². The topological polar surface area (TPSA) is 37.8 Å². The first-order valence-corrected chi connectivity index (χ1v) is 8.27. The van der Waals surface area contributed by atoms with Crippen molar-refractivity contribution in [2.24, 2.45) is 0 Å². The Labute approximate surface area is 136 Å². The SMILES string of the molecule is CNc1nc(Cc2cccs2)nc(-c2ccccc2)c1Br. The maximum atomic E-state index is 4.73. The lowest BCUT2D eigenvalue weighted by atomic mass is 10.1. The number of halogens is 1. The maximum absolute atomic E-state index is 4.73. The van der Waals surface area contributed by atoms with Crippen molar-refractivity contribution in [2.75, 3.05) is 12.4 Å². The summed E-state index contributed by atoms with van der Waals surface area (Å²) in [5.41, 5.74) is 2.00. The second-order valence-electron chi connectivity index (χ2n) is 4.52. The fraction of sp³-hybridized carbons (Fsp3) is 0.125. The van der Waals surface area contributed by atoms with E-state index in [0.717, 1.165) is 33.8 Å². The van der Waals surface area contributed by atoms with Crippen LogP contribution in [0.3, 0.4) is 0 Å². The van der Waals surface area contributed by atoms with E-state index in [1.54, 1.807) is 11.3 Å². The van der Waals surface area contributed by atoms with Gasteiger partial charge in [-0.05, 0) is 27.4 Å².